The fourth-order valence-corrected chi connectivity index (χ4v) is 1.65. The van der Waals surface area contributed by atoms with E-state index in [4.69, 9.17) is 4.52 Å². The molecular weight excluding hydrogens is 180 g/mol. The van der Waals surface area contributed by atoms with Crippen LogP contribution in [0.1, 0.15) is 30.6 Å². The molecule has 0 radical (unpaired) electrons. The van der Waals surface area contributed by atoms with Crippen molar-refractivity contribution in [3.63, 3.8) is 0 Å². The second kappa shape index (κ2) is 4.06. The van der Waals surface area contributed by atoms with E-state index in [1.807, 2.05) is 19.0 Å². The molecule has 1 atom stereocenters. The van der Waals surface area contributed by atoms with Crippen molar-refractivity contribution < 1.29 is 4.52 Å². The molecular formula is C9H16N4O. The molecule has 2 rings (SSSR count). The zero-order valence-corrected chi connectivity index (χ0v) is 8.66. The largest absolute Gasteiger partial charge is 0.338 e. The van der Waals surface area contributed by atoms with Gasteiger partial charge >= 0.3 is 0 Å². The first-order chi connectivity index (χ1) is 6.75. The van der Waals surface area contributed by atoms with E-state index >= 15 is 0 Å². The summed E-state index contributed by atoms with van der Waals surface area (Å²) in [5.74, 6) is 1.50. The molecule has 1 aromatic rings. The lowest BCUT2D eigenvalue weighted by atomic mass is 10.2. The van der Waals surface area contributed by atoms with E-state index in [0.29, 0.717) is 0 Å². The normalized spacial score (nSPS) is 22.1. The highest BCUT2D eigenvalue weighted by molar-refractivity contribution is 4.95. The number of nitrogens with one attached hydrogen (secondary N) is 1. The van der Waals surface area contributed by atoms with Crippen molar-refractivity contribution in [3.05, 3.63) is 11.7 Å². The van der Waals surface area contributed by atoms with Gasteiger partial charge in [0.05, 0.1) is 12.6 Å². The quantitative estimate of drug-likeness (QED) is 0.765. The van der Waals surface area contributed by atoms with Crippen molar-refractivity contribution in [2.24, 2.45) is 0 Å². The monoisotopic (exact) mass is 196 g/mol. The number of rotatable bonds is 3. The van der Waals surface area contributed by atoms with Gasteiger partial charge in [-0.1, -0.05) is 5.16 Å². The van der Waals surface area contributed by atoms with E-state index in [-0.39, 0.29) is 6.04 Å². The van der Waals surface area contributed by atoms with E-state index in [9.17, 15) is 0 Å². The van der Waals surface area contributed by atoms with E-state index in [1.165, 1.54) is 6.42 Å². The summed E-state index contributed by atoms with van der Waals surface area (Å²) in [6, 6.07) is 0.276. The number of hydrogen-bond donors (Lipinski definition) is 1. The molecule has 1 N–H and O–H groups in total. The minimum Gasteiger partial charge on any atom is -0.338 e. The average molecular weight is 196 g/mol. The lowest BCUT2D eigenvalue weighted by Gasteiger charge is -2.04. The first-order valence-electron chi connectivity index (χ1n) is 4.96. The van der Waals surface area contributed by atoms with Gasteiger partial charge in [0.15, 0.2) is 5.82 Å². The van der Waals surface area contributed by atoms with Crippen molar-refractivity contribution in [3.8, 4) is 0 Å². The molecule has 0 spiro atoms. The minimum atomic E-state index is 0.276. The molecule has 1 fully saturated rings. The van der Waals surface area contributed by atoms with Crippen molar-refractivity contribution in [1.82, 2.24) is 20.4 Å². The molecule has 5 heteroatoms. The average Bonchev–Trinajstić information content (AvgIpc) is 2.69. The molecule has 2 heterocycles. The van der Waals surface area contributed by atoms with Gasteiger partial charge in [-0.2, -0.15) is 4.98 Å². The van der Waals surface area contributed by atoms with Gasteiger partial charge in [-0.15, -0.1) is 0 Å². The molecule has 1 aliphatic heterocycles. The summed E-state index contributed by atoms with van der Waals surface area (Å²) in [4.78, 5) is 6.37. The molecule has 78 valence electrons. The minimum absolute atomic E-state index is 0.276. The van der Waals surface area contributed by atoms with Gasteiger partial charge in [0.1, 0.15) is 0 Å². The Balaban J connectivity index is 2.01. The molecule has 0 aliphatic carbocycles. The molecule has 14 heavy (non-hydrogen) atoms. The number of aromatic nitrogens is 2. The first kappa shape index (κ1) is 9.61. The van der Waals surface area contributed by atoms with Crippen LogP contribution in [0.3, 0.4) is 0 Å². The standard InChI is InChI=1S/C9H16N4O/c1-13(2)6-8-11-9(14-12-8)7-4-3-5-10-7/h7,10H,3-6H2,1-2H3/t7-/m1/s1. The van der Waals surface area contributed by atoms with Gasteiger partial charge < -0.3 is 14.7 Å². The van der Waals surface area contributed by atoms with Gasteiger partial charge in [0, 0.05) is 0 Å². The third-order valence-electron chi connectivity index (χ3n) is 2.30. The Morgan fingerprint density at radius 1 is 1.57 bits per heavy atom. The highest BCUT2D eigenvalue weighted by atomic mass is 16.5. The predicted molar refractivity (Wildman–Crippen MR) is 51.7 cm³/mol. The maximum Gasteiger partial charge on any atom is 0.243 e. The summed E-state index contributed by atoms with van der Waals surface area (Å²) in [7, 11) is 3.98. The van der Waals surface area contributed by atoms with Crippen LogP contribution in [-0.2, 0) is 6.54 Å². The zero-order valence-electron chi connectivity index (χ0n) is 8.66. The van der Waals surface area contributed by atoms with E-state index < -0.39 is 0 Å². The Hall–Kier alpha value is -0.940. The third kappa shape index (κ3) is 2.10. The summed E-state index contributed by atoms with van der Waals surface area (Å²) in [5.41, 5.74) is 0. The third-order valence-corrected chi connectivity index (χ3v) is 2.30. The Bertz CT molecular complexity index is 291. The van der Waals surface area contributed by atoms with Crippen LogP contribution in [0.4, 0.5) is 0 Å². The Kier molecular flexibility index (Phi) is 2.79. The van der Waals surface area contributed by atoms with Gasteiger partial charge in [-0.05, 0) is 33.5 Å². The Morgan fingerprint density at radius 2 is 2.43 bits per heavy atom. The second-order valence-corrected chi connectivity index (χ2v) is 3.94. The maximum absolute atomic E-state index is 5.20. The van der Waals surface area contributed by atoms with E-state index in [1.54, 1.807) is 0 Å². The fourth-order valence-electron chi connectivity index (χ4n) is 1.65. The summed E-state index contributed by atoms with van der Waals surface area (Å²) >= 11 is 0. The van der Waals surface area contributed by atoms with Gasteiger partial charge in [0.25, 0.3) is 0 Å². The molecule has 5 nitrogen and oxygen atoms in total. The van der Waals surface area contributed by atoms with Crippen LogP contribution in [0.2, 0.25) is 0 Å². The Labute approximate surface area is 83.5 Å². The molecule has 0 amide bonds. The molecule has 1 aromatic heterocycles. The number of hydrogen-bond acceptors (Lipinski definition) is 5. The first-order valence-corrected chi connectivity index (χ1v) is 4.96. The van der Waals surface area contributed by atoms with Crippen molar-refractivity contribution in [2.75, 3.05) is 20.6 Å². The van der Waals surface area contributed by atoms with Crippen LogP contribution < -0.4 is 5.32 Å². The molecule has 0 unspecified atom stereocenters. The lowest BCUT2D eigenvalue weighted by molar-refractivity contribution is 0.330. The Morgan fingerprint density at radius 3 is 3.07 bits per heavy atom. The highest BCUT2D eigenvalue weighted by Gasteiger charge is 2.22. The van der Waals surface area contributed by atoms with Gasteiger partial charge in [-0.3, -0.25) is 0 Å². The summed E-state index contributed by atoms with van der Waals surface area (Å²) in [6.45, 7) is 1.78. The van der Waals surface area contributed by atoms with E-state index in [0.717, 1.165) is 31.2 Å². The van der Waals surface area contributed by atoms with Crippen molar-refractivity contribution >= 4 is 0 Å². The smallest absolute Gasteiger partial charge is 0.243 e. The van der Waals surface area contributed by atoms with E-state index in [2.05, 4.69) is 15.5 Å². The summed E-state index contributed by atoms with van der Waals surface area (Å²) < 4.78 is 5.20. The van der Waals surface area contributed by atoms with Gasteiger partial charge in [0.2, 0.25) is 5.89 Å². The molecule has 1 saturated heterocycles. The van der Waals surface area contributed by atoms with Crippen molar-refractivity contribution in [2.45, 2.75) is 25.4 Å². The molecule has 0 aromatic carbocycles. The summed E-state index contributed by atoms with van der Waals surface area (Å²) in [5, 5.41) is 7.26. The topological polar surface area (TPSA) is 54.2 Å². The maximum atomic E-state index is 5.20. The fraction of sp³-hybridized carbons (Fsp3) is 0.778. The second-order valence-electron chi connectivity index (χ2n) is 3.94. The predicted octanol–water partition coefficient (Wildman–Crippen LogP) is 0.556. The van der Waals surface area contributed by atoms with Crippen LogP contribution in [0, 0.1) is 0 Å². The highest BCUT2D eigenvalue weighted by Crippen LogP contribution is 2.21. The zero-order chi connectivity index (χ0) is 9.97. The number of nitrogens with zero attached hydrogens (tertiary/aromatic N) is 3. The van der Waals surface area contributed by atoms with Gasteiger partial charge in [-0.25, -0.2) is 0 Å². The van der Waals surface area contributed by atoms with Crippen molar-refractivity contribution in [1.29, 1.82) is 0 Å². The SMILES string of the molecule is CN(C)Cc1noc([C@H]2CCCN2)n1. The van der Waals surface area contributed by atoms with Crippen LogP contribution in [0.5, 0.6) is 0 Å². The van der Waals surface area contributed by atoms with Crippen LogP contribution in [0.25, 0.3) is 0 Å². The molecule has 0 saturated carbocycles. The summed E-state index contributed by atoms with van der Waals surface area (Å²) in [6.07, 6.45) is 2.29. The van der Waals surface area contributed by atoms with Crippen LogP contribution in [-0.4, -0.2) is 35.7 Å². The molecule has 1 aliphatic rings. The lowest BCUT2D eigenvalue weighted by Crippen LogP contribution is -2.14. The van der Waals surface area contributed by atoms with Crippen LogP contribution in [0.15, 0.2) is 4.52 Å². The van der Waals surface area contributed by atoms with Crippen LogP contribution >= 0.6 is 0 Å². The molecule has 0 bridgehead atoms.